The maximum atomic E-state index is 12.2. The molecule has 0 aromatic heterocycles. The van der Waals surface area contributed by atoms with E-state index in [9.17, 15) is 4.79 Å². The molecule has 0 aliphatic heterocycles. The van der Waals surface area contributed by atoms with Gasteiger partial charge in [-0.2, -0.15) is 0 Å². The number of amides is 2. The fourth-order valence-corrected chi connectivity index (χ4v) is 2.37. The minimum absolute atomic E-state index is 0.128. The second-order valence-electron chi connectivity index (χ2n) is 4.92. The van der Waals surface area contributed by atoms with Crippen LogP contribution in [0, 0.1) is 0 Å². The van der Waals surface area contributed by atoms with Gasteiger partial charge in [0.15, 0.2) is 0 Å². The standard InChI is InChI=1S/C17H19ClN2O3/c1-11(12-7-5-4-6-8-12)19-17(21)20-14-10-15(22-2)13(18)9-16(14)23-3/h4-11H,1-3H3,(H2,19,20,21)/t11-/m0/s1. The van der Waals surface area contributed by atoms with Crippen LogP contribution in [0.3, 0.4) is 0 Å². The molecule has 2 N–H and O–H groups in total. The van der Waals surface area contributed by atoms with Gasteiger partial charge < -0.3 is 20.1 Å². The molecule has 0 bridgehead atoms. The molecule has 2 aromatic carbocycles. The van der Waals surface area contributed by atoms with E-state index in [-0.39, 0.29) is 12.1 Å². The Labute approximate surface area is 140 Å². The Kier molecular flexibility index (Phi) is 5.71. The third-order valence-electron chi connectivity index (χ3n) is 3.37. The van der Waals surface area contributed by atoms with Gasteiger partial charge in [0.25, 0.3) is 0 Å². The van der Waals surface area contributed by atoms with Gasteiger partial charge in [-0.05, 0) is 12.5 Å². The van der Waals surface area contributed by atoms with Crippen molar-refractivity contribution >= 4 is 23.3 Å². The fourth-order valence-electron chi connectivity index (χ4n) is 2.14. The smallest absolute Gasteiger partial charge is 0.319 e. The van der Waals surface area contributed by atoms with Crippen LogP contribution in [-0.4, -0.2) is 20.3 Å². The zero-order chi connectivity index (χ0) is 16.8. The van der Waals surface area contributed by atoms with E-state index in [2.05, 4.69) is 10.6 Å². The van der Waals surface area contributed by atoms with Crippen molar-refractivity contribution in [2.24, 2.45) is 0 Å². The molecule has 0 spiro atoms. The van der Waals surface area contributed by atoms with Crippen LogP contribution in [0.2, 0.25) is 5.02 Å². The van der Waals surface area contributed by atoms with Gasteiger partial charge >= 0.3 is 6.03 Å². The summed E-state index contributed by atoms with van der Waals surface area (Å²) in [6.07, 6.45) is 0. The Morgan fingerprint density at radius 1 is 1.09 bits per heavy atom. The maximum absolute atomic E-state index is 12.2. The maximum Gasteiger partial charge on any atom is 0.319 e. The van der Waals surface area contributed by atoms with Crippen LogP contribution in [0.15, 0.2) is 42.5 Å². The lowest BCUT2D eigenvalue weighted by Gasteiger charge is -2.17. The van der Waals surface area contributed by atoms with E-state index in [0.717, 1.165) is 5.56 Å². The monoisotopic (exact) mass is 334 g/mol. The first-order chi connectivity index (χ1) is 11.0. The van der Waals surface area contributed by atoms with Crippen molar-refractivity contribution < 1.29 is 14.3 Å². The third kappa shape index (κ3) is 4.29. The van der Waals surface area contributed by atoms with Crippen molar-refractivity contribution in [3.63, 3.8) is 0 Å². The lowest BCUT2D eigenvalue weighted by atomic mass is 10.1. The van der Waals surface area contributed by atoms with Gasteiger partial charge in [-0.3, -0.25) is 0 Å². The van der Waals surface area contributed by atoms with Crippen molar-refractivity contribution in [1.82, 2.24) is 5.32 Å². The highest BCUT2D eigenvalue weighted by Crippen LogP contribution is 2.35. The quantitative estimate of drug-likeness (QED) is 0.859. The van der Waals surface area contributed by atoms with Crippen LogP contribution >= 0.6 is 11.6 Å². The number of hydrogen-bond donors (Lipinski definition) is 2. The number of ether oxygens (including phenoxy) is 2. The number of carbonyl (C=O) groups is 1. The van der Waals surface area contributed by atoms with Gasteiger partial charge in [0.2, 0.25) is 0 Å². The van der Waals surface area contributed by atoms with E-state index in [1.54, 1.807) is 12.1 Å². The number of carbonyl (C=O) groups excluding carboxylic acids is 1. The molecule has 0 saturated heterocycles. The summed E-state index contributed by atoms with van der Waals surface area (Å²) in [5.74, 6) is 0.914. The fraction of sp³-hybridized carbons (Fsp3) is 0.235. The summed E-state index contributed by atoms with van der Waals surface area (Å²) in [4.78, 5) is 12.2. The minimum atomic E-state index is -0.343. The van der Waals surface area contributed by atoms with Crippen molar-refractivity contribution in [3.8, 4) is 11.5 Å². The highest BCUT2D eigenvalue weighted by atomic mass is 35.5. The number of nitrogens with one attached hydrogen (secondary N) is 2. The second-order valence-corrected chi connectivity index (χ2v) is 5.33. The van der Waals surface area contributed by atoms with Gasteiger partial charge in [0.05, 0.1) is 31.0 Å². The number of halogens is 1. The average Bonchev–Trinajstić information content (AvgIpc) is 2.56. The molecular formula is C17H19ClN2O3. The molecule has 0 fully saturated rings. The summed E-state index contributed by atoms with van der Waals surface area (Å²) in [5, 5.41) is 6.03. The number of urea groups is 1. The van der Waals surface area contributed by atoms with E-state index in [0.29, 0.717) is 22.2 Å². The van der Waals surface area contributed by atoms with Crippen molar-refractivity contribution in [3.05, 3.63) is 53.1 Å². The first-order valence-corrected chi connectivity index (χ1v) is 7.47. The molecular weight excluding hydrogens is 316 g/mol. The Morgan fingerprint density at radius 2 is 1.74 bits per heavy atom. The highest BCUT2D eigenvalue weighted by molar-refractivity contribution is 6.32. The molecule has 122 valence electrons. The van der Waals surface area contributed by atoms with Crippen LogP contribution in [0.25, 0.3) is 0 Å². The predicted molar refractivity (Wildman–Crippen MR) is 91.6 cm³/mol. The van der Waals surface area contributed by atoms with Gasteiger partial charge in [-0.25, -0.2) is 4.79 Å². The molecule has 6 heteroatoms. The molecule has 23 heavy (non-hydrogen) atoms. The molecule has 0 heterocycles. The van der Waals surface area contributed by atoms with Crippen LogP contribution in [0.4, 0.5) is 10.5 Å². The number of hydrogen-bond acceptors (Lipinski definition) is 3. The number of anilines is 1. The molecule has 0 unspecified atom stereocenters. The summed E-state index contributed by atoms with van der Waals surface area (Å²) in [7, 11) is 3.02. The first-order valence-electron chi connectivity index (χ1n) is 7.09. The SMILES string of the molecule is COc1cc(NC(=O)N[C@@H](C)c2ccccc2)c(OC)cc1Cl. The molecule has 0 radical (unpaired) electrons. The first kappa shape index (κ1) is 17.0. The molecule has 2 aromatic rings. The average molecular weight is 335 g/mol. The number of benzene rings is 2. The van der Waals surface area contributed by atoms with E-state index in [4.69, 9.17) is 21.1 Å². The summed E-state index contributed by atoms with van der Waals surface area (Å²) in [6, 6.07) is 12.4. The van der Waals surface area contributed by atoms with Crippen molar-refractivity contribution in [2.75, 3.05) is 19.5 Å². The highest BCUT2D eigenvalue weighted by Gasteiger charge is 2.14. The Morgan fingerprint density at radius 3 is 2.35 bits per heavy atom. The Hall–Kier alpha value is -2.40. The van der Waals surface area contributed by atoms with Gasteiger partial charge in [-0.1, -0.05) is 41.9 Å². The zero-order valence-corrected chi connectivity index (χ0v) is 14.0. The molecule has 2 rings (SSSR count). The van der Waals surface area contributed by atoms with Crippen LogP contribution in [0.1, 0.15) is 18.5 Å². The van der Waals surface area contributed by atoms with Gasteiger partial charge in [-0.15, -0.1) is 0 Å². The van der Waals surface area contributed by atoms with E-state index < -0.39 is 0 Å². The van der Waals surface area contributed by atoms with Gasteiger partial charge in [0.1, 0.15) is 11.5 Å². The molecule has 0 saturated carbocycles. The van der Waals surface area contributed by atoms with Crippen molar-refractivity contribution in [1.29, 1.82) is 0 Å². The molecule has 0 aliphatic carbocycles. The van der Waals surface area contributed by atoms with Crippen LogP contribution in [-0.2, 0) is 0 Å². The normalized spacial score (nSPS) is 11.5. The Balaban J connectivity index is 2.11. The van der Waals surface area contributed by atoms with Crippen LogP contribution < -0.4 is 20.1 Å². The molecule has 0 aliphatic rings. The lowest BCUT2D eigenvalue weighted by molar-refractivity contribution is 0.249. The summed E-state index contributed by atoms with van der Waals surface area (Å²) in [6.45, 7) is 1.91. The minimum Gasteiger partial charge on any atom is -0.495 e. The van der Waals surface area contributed by atoms with Gasteiger partial charge in [0, 0.05) is 12.1 Å². The molecule has 2 amide bonds. The van der Waals surface area contributed by atoms with E-state index in [1.807, 2.05) is 37.3 Å². The summed E-state index contributed by atoms with van der Waals surface area (Å²) in [5.41, 5.74) is 1.50. The van der Waals surface area contributed by atoms with Crippen molar-refractivity contribution in [2.45, 2.75) is 13.0 Å². The molecule has 1 atom stereocenters. The zero-order valence-electron chi connectivity index (χ0n) is 13.2. The lowest BCUT2D eigenvalue weighted by Crippen LogP contribution is -2.31. The number of methoxy groups -OCH3 is 2. The second kappa shape index (κ2) is 7.74. The van der Waals surface area contributed by atoms with Crippen LogP contribution in [0.5, 0.6) is 11.5 Å². The van der Waals surface area contributed by atoms with E-state index in [1.165, 1.54) is 14.2 Å². The van der Waals surface area contributed by atoms with E-state index >= 15 is 0 Å². The number of rotatable bonds is 5. The topological polar surface area (TPSA) is 59.6 Å². The third-order valence-corrected chi connectivity index (χ3v) is 3.66. The predicted octanol–water partition coefficient (Wildman–Crippen LogP) is 4.24. The summed E-state index contributed by atoms with van der Waals surface area (Å²) >= 11 is 6.05. The Bertz CT molecular complexity index is 677. The largest absolute Gasteiger partial charge is 0.495 e. The molecule has 5 nitrogen and oxygen atoms in total. The summed E-state index contributed by atoms with van der Waals surface area (Å²) < 4.78 is 10.4.